The molecule has 0 saturated carbocycles. The molecule has 0 bridgehead atoms. The van der Waals surface area contributed by atoms with Crippen molar-refractivity contribution in [2.24, 2.45) is 0 Å². The van der Waals surface area contributed by atoms with Gasteiger partial charge in [0.1, 0.15) is 11.5 Å². The topological polar surface area (TPSA) is 106 Å². The van der Waals surface area contributed by atoms with E-state index in [1.807, 2.05) is 0 Å². The molecule has 0 heterocycles. The van der Waals surface area contributed by atoms with E-state index in [2.05, 4.69) is 16.2 Å². The lowest BCUT2D eigenvalue weighted by Gasteiger charge is -2.10. The average Bonchev–Trinajstić information content (AvgIpc) is 2.71. The second-order valence-corrected chi connectivity index (χ2v) is 6.00. The molecule has 148 valence electrons. The third kappa shape index (κ3) is 7.16. The quantitative estimate of drug-likeness (QED) is 0.584. The van der Waals surface area contributed by atoms with Crippen LogP contribution in [0.2, 0.25) is 5.02 Å². The lowest BCUT2D eigenvalue weighted by molar-refractivity contribution is -0.130. The minimum atomic E-state index is -0.537. The highest BCUT2D eigenvalue weighted by molar-refractivity contribution is 6.33. The van der Waals surface area contributed by atoms with E-state index < -0.39 is 11.8 Å². The predicted molar refractivity (Wildman–Crippen MR) is 104 cm³/mol. The maximum atomic E-state index is 11.8. The highest BCUT2D eigenvalue weighted by Gasteiger charge is 2.10. The first-order chi connectivity index (χ1) is 13.5. The Labute approximate surface area is 167 Å². The molecular formula is C19H20ClN3O5. The summed E-state index contributed by atoms with van der Waals surface area (Å²) in [5.41, 5.74) is 4.91. The molecule has 9 heteroatoms. The minimum Gasteiger partial charge on any atom is -0.497 e. The molecule has 0 radical (unpaired) electrons. The number of methoxy groups -OCH3 is 1. The normalized spacial score (nSPS) is 9.93. The number of rotatable bonds is 8. The molecule has 2 aromatic carbocycles. The summed E-state index contributed by atoms with van der Waals surface area (Å²) in [6, 6.07) is 13.5. The van der Waals surface area contributed by atoms with Gasteiger partial charge in [0.25, 0.3) is 5.91 Å². The van der Waals surface area contributed by atoms with Crippen molar-refractivity contribution in [3.8, 4) is 11.5 Å². The van der Waals surface area contributed by atoms with E-state index in [4.69, 9.17) is 21.1 Å². The Morgan fingerprint density at radius 2 is 1.46 bits per heavy atom. The molecule has 8 nitrogen and oxygen atoms in total. The Bertz CT molecular complexity index is 827. The van der Waals surface area contributed by atoms with Gasteiger partial charge in [0.05, 0.1) is 17.8 Å². The summed E-state index contributed by atoms with van der Waals surface area (Å²) >= 11 is 5.95. The first kappa shape index (κ1) is 21.0. The van der Waals surface area contributed by atoms with Crippen molar-refractivity contribution in [2.75, 3.05) is 19.0 Å². The molecular weight excluding hydrogens is 386 g/mol. The van der Waals surface area contributed by atoms with Crippen molar-refractivity contribution in [2.45, 2.75) is 12.8 Å². The summed E-state index contributed by atoms with van der Waals surface area (Å²) in [6.45, 7) is -0.278. The van der Waals surface area contributed by atoms with Gasteiger partial charge in [0.2, 0.25) is 11.8 Å². The Morgan fingerprint density at radius 1 is 0.857 bits per heavy atom. The van der Waals surface area contributed by atoms with Gasteiger partial charge in [-0.2, -0.15) is 0 Å². The second kappa shape index (κ2) is 10.8. The molecule has 3 N–H and O–H groups in total. The van der Waals surface area contributed by atoms with Crippen LogP contribution in [0, 0.1) is 0 Å². The van der Waals surface area contributed by atoms with E-state index in [0.717, 1.165) is 0 Å². The molecule has 3 amide bonds. The largest absolute Gasteiger partial charge is 0.497 e. The Morgan fingerprint density at radius 3 is 2.14 bits per heavy atom. The van der Waals surface area contributed by atoms with Crippen LogP contribution in [0.5, 0.6) is 11.5 Å². The molecule has 2 aromatic rings. The van der Waals surface area contributed by atoms with Gasteiger partial charge in [0, 0.05) is 12.8 Å². The van der Waals surface area contributed by atoms with Crippen LogP contribution >= 0.6 is 11.6 Å². The van der Waals surface area contributed by atoms with E-state index in [1.54, 1.807) is 55.6 Å². The number of benzene rings is 2. The maximum Gasteiger partial charge on any atom is 0.276 e. The fourth-order valence-corrected chi connectivity index (χ4v) is 2.24. The van der Waals surface area contributed by atoms with Crippen LogP contribution in [0.15, 0.2) is 48.5 Å². The number of carbonyl (C=O) groups is 3. The van der Waals surface area contributed by atoms with Crippen molar-refractivity contribution in [1.82, 2.24) is 10.9 Å². The second-order valence-electron chi connectivity index (χ2n) is 5.59. The molecule has 0 atom stereocenters. The van der Waals surface area contributed by atoms with Crippen LogP contribution in [0.1, 0.15) is 12.8 Å². The van der Waals surface area contributed by atoms with Gasteiger partial charge in [0.15, 0.2) is 6.61 Å². The van der Waals surface area contributed by atoms with Crippen LogP contribution in [-0.2, 0) is 14.4 Å². The van der Waals surface area contributed by atoms with Gasteiger partial charge in [-0.3, -0.25) is 25.2 Å². The zero-order chi connectivity index (χ0) is 20.4. The molecule has 0 spiro atoms. The Kier molecular flexibility index (Phi) is 8.11. The zero-order valence-corrected chi connectivity index (χ0v) is 15.9. The Balaban J connectivity index is 1.63. The summed E-state index contributed by atoms with van der Waals surface area (Å²) in [4.78, 5) is 35.3. The number of amides is 3. The van der Waals surface area contributed by atoms with Gasteiger partial charge in [-0.25, -0.2) is 0 Å². The third-order valence-corrected chi connectivity index (χ3v) is 3.83. The lowest BCUT2D eigenvalue weighted by atomic mass is 10.2. The zero-order valence-electron chi connectivity index (χ0n) is 15.2. The van der Waals surface area contributed by atoms with Crippen molar-refractivity contribution in [3.05, 3.63) is 53.6 Å². The highest BCUT2D eigenvalue weighted by atomic mass is 35.5. The van der Waals surface area contributed by atoms with Crippen LogP contribution in [-0.4, -0.2) is 31.4 Å². The molecule has 0 saturated heterocycles. The molecule has 0 aromatic heterocycles. The minimum absolute atomic E-state index is 0.0602. The summed E-state index contributed by atoms with van der Waals surface area (Å²) in [5, 5.41) is 3.02. The summed E-state index contributed by atoms with van der Waals surface area (Å²) in [7, 11) is 1.55. The van der Waals surface area contributed by atoms with E-state index in [0.29, 0.717) is 22.2 Å². The van der Waals surface area contributed by atoms with Crippen molar-refractivity contribution in [1.29, 1.82) is 0 Å². The predicted octanol–water partition coefficient (Wildman–Crippen LogP) is 2.29. The lowest BCUT2D eigenvalue weighted by Crippen LogP contribution is -2.44. The molecule has 0 aliphatic rings. The number of hydrogen-bond acceptors (Lipinski definition) is 5. The van der Waals surface area contributed by atoms with Crippen molar-refractivity contribution < 1.29 is 23.9 Å². The van der Waals surface area contributed by atoms with E-state index in [-0.39, 0.29) is 25.4 Å². The number of para-hydroxylation sites is 1. The fraction of sp³-hybridized carbons (Fsp3) is 0.211. The number of carbonyl (C=O) groups excluding carboxylic acids is 3. The molecule has 2 rings (SSSR count). The maximum absolute atomic E-state index is 11.8. The summed E-state index contributed by atoms with van der Waals surface area (Å²) in [5.74, 6) is -0.254. The van der Waals surface area contributed by atoms with Gasteiger partial charge >= 0.3 is 0 Å². The number of anilines is 1. The van der Waals surface area contributed by atoms with E-state index >= 15 is 0 Å². The van der Waals surface area contributed by atoms with Crippen LogP contribution in [0.25, 0.3) is 0 Å². The van der Waals surface area contributed by atoms with Crippen LogP contribution in [0.4, 0.5) is 5.69 Å². The molecule has 0 unspecified atom stereocenters. The van der Waals surface area contributed by atoms with Gasteiger partial charge in [-0.15, -0.1) is 0 Å². The van der Waals surface area contributed by atoms with Crippen LogP contribution < -0.4 is 25.6 Å². The van der Waals surface area contributed by atoms with Crippen LogP contribution in [0.3, 0.4) is 0 Å². The summed E-state index contributed by atoms with van der Waals surface area (Å²) < 4.78 is 10.3. The van der Waals surface area contributed by atoms with Gasteiger partial charge in [-0.05, 0) is 36.4 Å². The van der Waals surface area contributed by atoms with E-state index in [1.165, 1.54) is 0 Å². The SMILES string of the molecule is COc1ccc(OCC(=O)NNC(=O)CCC(=O)Nc2ccccc2Cl)cc1. The van der Waals surface area contributed by atoms with Gasteiger partial charge < -0.3 is 14.8 Å². The number of hydrazine groups is 1. The van der Waals surface area contributed by atoms with Crippen molar-refractivity contribution >= 4 is 35.0 Å². The highest BCUT2D eigenvalue weighted by Crippen LogP contribution is 2.20. The molecule has 28 heavy (non-hydrogen) atoms. The first-order valence-electron chi connectivity index (χ1n) is 8.37. The number of nitrogens with one attached hydrogen (secondary N) is 3. The first-order valence-corrected chi connectivity index (χ1v) is 8.74. The van der Waals surface area contributed by atoms with E-state index in [9.17, 15) is 14.4 Å². The average molecular weight is 406 g/mol. The molecule has 0 aliphatic carbocycles. The van der Waals surface area contributed by atoms with Crippen molar-refractivity contribution in [3.63, 3.8) is 0 Å². The third-order valence-electron chi connectivity index (χ3n) is 3.50. The number of ether oxygens (including phenoxy) is 2. The Hall–Kier alpha value is -3.26. The smallest absolute Gasteiger partial charge is 0.276 e. The molecule has 0 fully saturated rings. The standard InChI is InChI=1S/C19H20ClN3O5/c1-27-13-6-8-14(9-7-13)28-12-19(26)23-22-18(25)11-10-17(24)21-16-5-3-2-4-15(16)20/h2-9H,10-12H2,1H3,(H,21,24)(H,22,25)(H,23,26). The van der Waals surface area contributed by atoms with Gasteiger partial charge in [-0.1, -0.05) is 23.7 Å². The fourth-order valence-electron chi connectivity index (χ4n) is 2.06. The number of hydrogen-bond donors (Lipinski definition) is 3. The number of halogens is 1. The summed E-state index contributed by atoms with van der Waals surface area (Å²) in [6.07, 6.45) is -0.162. The molecule has 0 aliphatic heterocycles. The monoisotopic (exact) mass is 405 g/mol.